The van der Waals surface area contributed by atoms with E-state index in [1.807, 2.05) is 0 Å². The molecule has 21 heavy (non-hydrogen) atoms. The van der Waals surface area contributed by atoms with Crippen LogP contribution < -0.4 is 9.46 Å². The van der Waals surface area contributed by atoms with Gasteiger partial charge in [0.1, 0.15) is 5.82 Å². The second-order valence-electron chi connectivity index (χ2n) is 4.48. The molecule has 5 nitrogen and oxygen atoms in total. The van der Waals surface area contributed by atoms with Crippen LogP contribution in [0, 0.1) is 0 Å². The van der Waals surface area contributed by atoms with Crippen molar-refractivity contribution in [3.05, 3.63) is 48.5 Å². The molecule has 2 rings (SSSR count). The van der Waals surface area contributed by atoms with E-state index >= 15 is 0 Å². The smallest absolute Gasteiger partial charge is 0.263 e. The first kappa shape index (κ1) is 15.3. The van der Waals surface area contributed by atoms with Gasteiger partial charge in [0.15, 0.2) is 0 Å². The number of aromatic nitrogens is 1. The molecular formula is C15H18N2O3S. The Morgan fingerprint density at radius 3 is 2.57 bits per heavy atom. The molecule has 1 aromatic heterocycles. The highest BCUT2D eigenvalue weighted by Crippen LogP contribution is 2.16. The van der Waals surface area contributed by atoms with Crippen molar-refractivity contribution < 1.29 is 13.2 Å². The molecule has 0 atom stereocenters. The third kappa shape index (κ3) is 4.46. The summed E-state index contributed by atoms with van der Waals surface area (Å²) >= 11 is 0. The van der Waals surface area contributed by atoms with Crippen molar-refractivity contribution in [2.75, 3.05) is 11.3 Å². The highest BCUT2D eigenvalue weighted by Gasteiger charge is 2.14. The summed E-state index contributed by atoms with van der Waals surface area (Å²) in [5.41, 5.74) is 0. The first-order valence-corrected chi connectivity index (χ1v) is 8.28. The fourth-order valence-electron chi connectivity index (χ4n) is 1.67. The number of unbranched alkanes of at least 4 members (excludes halogenated alkanes) is 1. The first-order valence-electron chi connectivity index (χ1n) is 6.79. The van der Waals surface area contributed by atoms with Gasteiger partial charge >= 0.3 is 0 Å². The van der Waals surface area contributed by atoms with Crippen molar-refractivity contribution in [3.8, 4) is 5.88 Å². The van der Waals surface area contributed by atoms with E-state index < -0.39 is 10.0 Å². The third-order valence-electron chi connectivity index (χ3n) is 2.76. The Kier molecular flexibility index (Phi) is 5.16. The number of nitrogens with one attached hydrogen (secondary N) is 1. The molecule has 0 aliphatic rings. The van der Waals surface area contributed by atoms with E-state index in [1.54, 1.807) is 36.4 Å². The van der Waals surface area contributed by atoms with Gasteiger partial charge in [-0.1, -0.05) is 37.6 Å². The van der Waals surface area contributed by atoms with E-state index in [1.165, 1.54) is 12.1 Å². The van der Waals surface area contributed by atoms with Crippen LogP contribution >= 0.6 is 0 Å². The molecule has 6 heteroatoms. The van der Waals surface area contributed by atoms with Crippen molar-refractivity contribution in [1.29, 1.82) is 0 Å². The minimum atomic E-state index is -3.62. The van der Waals surface area contributed by atoms with Crippen molar-refractivity contribution in [1.82, 2.24) is 4.98 Å². The highest BCUT2D eigenvalue weighted by atomic mass is 32.2. The summed E-state index contributed by atoms with van der Waals surface area (Å²) < 4.78 is 32.3. The molecule has 112 valence electrons. The molecule has 0 bridgehead atoms. The molecule has 0 saturated heterocycles. The molecule has 0 saturated carbocycles. The lowest BCUT2D eigenvalue weighted by Crippen LogP contribution is -2.14. The Morgan fingerprint density at radius 1 is 1.10 bits per heavy atom. The van der Waals surface area contributed by atoms with Crippen molar-refractivity contribution in [2.45, 2.75) is 24.7 Å². The Hall–Kier alpha value is -2.08. The molecule has 0 aliphatic carbocycles. The van der Waals surface area contributed by atoms with Crippen LogP contribution in [0.3, 0.4) is 0 Å². The minimum absolute atomic E-state index is 0.198. The van der Waals surface area contributed by atoms with Gasteiger partial charge in [-0.2, -0.15) is 4.98 Å². The Labute approximate surface area is 125 Å². The number of benzene rings is 1. The second kappa shape index (κ2) is 7.08. The Bertz CT molecular complexity index is 672. The molecule has 1 N–H and O–H groups in total. The van der Waals surface area contributed by atoms with Gasteiger partial charge in [-0.15, -0.1) is 0 Å². The lowest BCUT2D eigenvalue weighted by Gasteiger charge is -2.09. The summed E-state index contributed by atoms with van der Waals surface area (Å²) in [5, 5.41) is 0. The van der Waals surface area contributed by atoms with E-state index in [0.717, 1.165) is 12.8 Å². The van der Waals surface area contributed by atoms with Gasteiger partial charge in [0.2, 0.25) is 5.88 Å². The van der Waals surface area contributed by atoms with Gasteiger partial charge < -0.3 is 4.74 Å². The summed E-state index contributed by atoms with van der Waals surface area (Å²) in [5.74, 6) is 0.657. The number of anilines is 1. The second-order valence-corrected chi connectivity index (χ2v) is 6.16. The quantitative estimate of drug-likeness (QED) is 0.798. The van der Waals surface area contributed by atoms with E-state index in [2.05, 4.69) is 16.6 Å². The van der Waals surface area contributed by atoms with Gasteiger partial charge in [-0.3, -0.25) is 4.72 Å². The lowest BCUT2D eigenvalue weighted by molar-refractivity contribution is 0.298. The number of hydrogen-bond donors (Lipinski definition) is 1. The SMILES string of the molecule is CCCCOc1cccc(NS(=O)(=O)c2ccccc2)n1. The van der Waals surface area contributed by atoms with E-state index in [9.17, 15) is 8.42 Å². The number of rotatable bonds is 7. The van der Waals surface area contributed by atoms with Gasteiger partial charge in [-0.05, 0) is 24.6 Å². The summed E-state index contributed by atoms with van der Waals surface area (Å²) in [4.78, 5) is 4.34. The normalized spacial score (nSPS) is 11.1. The zero-order valence-electron chi connectivity index (χ0n) is 11.8. The zero-order valence-corrected chi connectivity index (χ0v) is 12.6. The standard InChI is InChI=1S/C15H18N2O3S/c1-2-3-12-20-15-11-7-10-14(16-15)17-21(18,19)13-8-5-4-6-9-13/h4-11H,2-3,12H2,1H3,(H,16,17). The van der Waals surface area contributed by atoms with E-state index in [0.29, 0.717) is 12.5 Å². The molecule has 2 aromatic rings. The van der Waals surface area contributed by atoms with Gasteiger partial charge in [0.25, 0.3) is 10.0 Å². The number of nitrogens with zero attached hydrogens (tertiary/aromatic N) is 1. The van der Waals surface area contributed by atoms with E-state index in [4.69, 9.17) is 4.74 Å². The topological polar surface area (TPSA) is 68.3 Å². The van der Waals surface area contributed by atoms with Crippen molar-refractivity contribution in [3.63, 3.8) is 0 Å². The first-order chi connectivity index (χ1) is 10.1. The maximum Gasteiger partial charge on any atom is 0.263 e. The van der Waals surface area contributed by atoms with Gasteiger partial charge in [0, 0.05) is 6.07 Å². The van der Waals surface area contributed by atoms with Crippen LogP contribution in [0.1, 0.15) is 19.8 Å². The monoisotopic (exact) mass is 306 g/mol. The molecule has 1 aromatic carbocycles. The van der Waals surface area contributed by atoms with Crippen molar-refractivity contribution >= 4 is 15.8 Å². The van der Waals surface area contributed by atoms with Gasteiger partial charge in [-0.25, -0.2) is 8.42 Å². The highest BCUT2D eigenvalue weighted by molar-refractivity contribution is 7.92. The number of pyridine rings is 1. The summed E-state index contributed by atoms with van der Waals surface area (Å²) in [6.45, 7) is 2.64. The van der Waals surface area contributed by atoms with Crippen LogP contribution in [0.5, 0.6) is 5.88 Å². The predicted molar refractivity (Wildman–Crippen MR) is 81.9 cm³/mol. The Balaban J connectivity index is 2.11. The van der Waals surface area contributed by atoms with Crippen LogP contribution in [0.15, 0.2) is 53.4 Å². The summed E-state index contributed by atoms with van der Waals surface area (Å²) in [6.07, 6.45) is 1.96. The van der Waals surface area contributed by atoms with Crippen LogP contribution in [0.2, 0.25) is 0 Å². The Morgan fingerprint density at radius 2 is 1.86 bits per heavy atom. The number of sulfonamides is 1. The average molecular weight is 306 g/mol. The summed E-state index contributed by atoms with van der Waals surface area (Å²) in [6, 6.07) is 13.2. The number of hydrogen-bond acceptors (Lipinski definition) is 4. The fraction of sp³-hybridized carbons (Fsp3) is 0.267. The zero-order chi connectivity index (χ0) is 15.1. The maximum absolute atomic E-state index is 12.2. The molecule has 0 spiro atoms. The van der Waals surface area contributed by atoms with Crippen LogP contribution in [-0.2, 0) is 10.0 Å². The average Bonchev–Trinajstić information content (AvgIpc) is 2.48. The minimum Gasteiger partial charge on any atom is -0.478 e. The number of ether oxygens (including phenoxy) is 1. The fourth-order valence-corrected chi connectivity index (χ4v) is 2.69. The van der Waals surface area contributed by atoms with Crippen LogP contribution in [0.25, 0.3) is 0 Å². The lowest BCUT2D eigenvalue weighted by atomic mass is 10.4. The molecule has 0 unspecified atom stereocenters. The molecule has 0 amide bonds. The van der Waals surface area contributed by atoms with E-state index in [-0.39, 0.29) is 10.7 Å². The summed E-state index contributed by atoms with van der Waals surface area (Å²) in [7, 11) is -3.62. The molecule has 0 fully saturated rings. The largest absolute Gasteiger partial charge is 0.478 e. The molecule has 0 aliphatic heterocycles. The molecule has 1 heterocycles. The van der Waals surface area contributed by atoms with Gasteiger partial charge in [0.05, 0.1) is 11.5 Å². The third-order valence-corrected chi connectivity index (χ3v) is 4.13. The predicted octanol–water partition coefficient (Wildman–Crippen LogP) is 3.06. The molecule has 0 radical (unpaired) electrons. The maximum atomic E-state index is 12.2. The van der Waals surface area contributed by atoms with Crippen LogP contribution in [0.4, 0.5) is 5.82 Å². The molecular weight excluding hydrogens is 288 g/mol. The van der Waals surface area contributed by atoms with Crippen molar-refractivity contribution in [2.24, 2.45) is 0 Å². The van der Waals surface area contributed by atoms with Crippen LogP contribution in [-0.4, -0.2) is 20.0 Å².